The standard InChI is InChI=1S/C28H24N2O3/c31-27-24(19-11-13-21(14-12-19)33-17-18-6-2-1-3-7-18)25(28(32)29-27)23-16-30-15-5-9-20-8-4-10-22(23)26(20)30/h1-4,6-8,10-14,16,24-25H,5,9,15,17H2,(H,29,31,32)/t24-,25-/m0/s1. The minimum absolute atomic E-state index is 0.224. The van der Waals surface area contributed by atoms with Crippen molar-refractivity contribution < 1.29 is 14.3 Å². The second-order valence-electron chi connectivity index (χ2n) is 8.85. The first kappa shape index (κ1) is 19.8. The lowest BCUT2D eigenvalue weighted by atomic mass is 9.83. The summed E-state index contributed by atoms with van der Waals surface area (Å²) in [6.07, 6.45) is 4.22. The number of amides is 2. The Balaban J connectivity index is 1.32. The number of aryl methyl sites for hydroxylation is 2. The van der Waals surface area contributed by atoms with Crippen LogP contribution in [0.4, 0.5) is 0 Å². The summed E-state index contributed by atoms with van der Waals surface area (Å²) in [7, 11) is 0. The van der Waals surface area contributed by atoms with Crippen LogP contribution in [0.15, 0.2) is 79.0 Å². The molecule has 33 heavy (non-hydrogen) atoms. The van der Waals surface area contributed by atoms with E-state index in [1.54, 1.807) is 0 Å². The maximum atomic E-state index is 13.0. The van der Waals surface area contributed by atoms with Gasteiger partial charge in [0.1, 0.15) is 12.4 Å². The Kier molecular flexibility index (Phi) is 4.75. The molecule has 1 saturated heterocycles. The number of para-hydroxylation sites is 1. The van der Waals surface area contributed by atoms with Crippen LogP contribution in [0.5, 0.6) is 5.75 Å². The number of ether oxygens (including phenoxy) is 1. The molecule has 2 amide bonds. The van der Waals surface area contributed by atoms with Crippen molar-refractivity contribution in [3.63, 3.8) is 0 Å². The molecule has 2 aliphatic heterocycles. The molecule has 1 fully saturated rings. The third-order valence-electron chi connectivity index (χ3n) is 6.83. The van der Waals surface area contributed by atoms with Crippen LogP contribution in [0.25, 0.3) is 10.9 Å². The van der Waals surface area contributed by atoms with E-state index in [0.717, 1.165) is 47.2 Å². The summed E-state index contributed by atoms with van der Waals surface area (Å²) in [6.45, 7) is 1.42. The van der Waals surface area contributed by atoms with E-state index in [4.69, 9.17) is 4.74 Å². The topological polar surface area (TPSA) is 60.3 Å². The quantitative estimate of drug-likeness (QED) is 0.462. The molecule has 4 aromatic rings. The Morgan fingerprint density at radius 3 is 2.48 bits per heavy atom. The summed E-state index contributed by atoms with van der Waals surface area (Å²) < 4.78 is 8.14. The number of imide groups is 1. The van der Waals surface area contributed by atoms with E-state index in [2.05, 4.69) is 34.3 Å². The number of hydrogen-bond donors (Lipinski definition) is 1. The fourth-order valence-corrected chi connectivity index (χ4v) is 5.29. The fourth-order valence-electron chi connectivity index (χ4n) is 5.29. The fraction of sp³-hybridized carbons (Fsp3) is 0.214. The van der Waals surface area contributed by atoms with Gasteiger partial charge in [0, 0.05) is 18.1 Å². The Bertz CT molecular complexity index is 1360. The predicted molar refractivity (Wildman–Crippen MR) is 126 cm³/mol. The zero-order chi connectivity index (χ0) is 22.4. The van der Waals surface area contributed by atoms with Gasteiger partial charge < -0.3 is 9.30 Å². The number of nitrogens with zero attached hydrogens (tertiary/aromatic N) is 1. The number of carbonyl (C=O) groups is 2. The average Bonchev–Trinajstić information content (AvgIpc) is 3.36. The SMILES string of the molecule is O=C1NC(=O)[C@@H](c2cn3c4c(cccc24)CCC3)[C@@H]1c1ccc(OCc2ccccc2)cc1. The van der Waals surface area contributed by atoms with Gasteiger partial charge in [0.15, 0.2) is 0 Å². The summed E-state index contributed by atoms with van der Waals surface area (Å²) in [5, 5.41) is 3.66. The largest absolute Gasteiger partial charge is 0.489 e. The molecule has 0 bridgehead atoms. The molecule has 0 unspecified atom stereocenters. The van der Waals surface area contributed by atoms with Crippen molar-refractivity contribution in [2.24, 2.45) is 0 Å². The summed E-state index contributed by atoms with van der Waals surface area (Å²) in [5.74, 6) is -0.821. The van der Waals surface area contributed by atoms with Gasteiger partial charge in [-0.25, -0.2) is 0 Å². The maximum Gasteiger partial charge on any atom is 0.235 e. The number of rotatable bonds is 5. The van der Waals surface area contributed by atoms with Gasteiger partial charge in [0.05, 0.1) is 17.4 Å². The van der Waals surface area contributed by atoms with Crippen molar-refractivity contribution >= 4 is 22.7 Å². The predicted octanol–water partition coefficient (Wildman–Crippen LogP) is 4.69. The molecule has 0 saturated carbocycles. The van der Waals surface area contributed by atoms with Crippen molar-refractivity contribution in [1.29, 1.82) is 0 Å². The van der Waals surface area contributed by atoms with Gasteiger partial charge in [0.2, 0.25) is 11.8 Å². The van der Waals surface area contributed by atoms with Crippen LogP contribution in [0.3, 0.4) is 0 Å². The molecule has 0 aliphatic carbocycles. The number of aromatic nitrogens is 1. The molecular formula is C28H24N2O3. The molecule has 5 nitrogen and oxygen atoms in total. The highest BCUT2D eigenvalue weighted by Gasteiger charge is 2.44. The Morgan fingerprint density at radius 2 is 1.67 bits per heavy atom. The molecule has 0 spiro atoms. The first-order valence-corrected chi connectivity index (χ1v) is 11.4. The lowest BCUT2D eigenvalue weighted by molar-refractivity contribution is -0.125. The first-order valence-electron chi connectivity index (χ1n) is 11.4. The molecule has 1 aromatic heterocycles. The van der Waals surface area contributed by atoms with Crippen LogP contribution in [-0.2, 0) is 29.2 Å². The minimum Gasteiger partial charge on any atom is -0.489 e. The van der Waals surface area contributed by atoms with Crippen molar-refractivity contribution in [2.75, 3.05) is 0 Å². The zero-order valence-corrected chi connectivity index (χ0v) is 18.2. The van der Waals surface area contributed by atoms with Crippen molar-refractivity contribution in [3.05, 3.63) is 101 Å². The number of benzene rings is 3. The minimum atomic E-state index is -0.552. The summed E-state index contributed by atoms with van der Waals surface area (Å²) in [5.41, 5.74) is 5.37. The summed E-state index contributed by atoms with van der Waals surface area (Å²) in [4.78, 5) is 25.9. The normalized spacial score (nSPS) is 19.6. The van der Waals surface area contributed by atoms with Crippen LogP contribution in [0.2, 0.25) is 0 Å². The van der Waals surface area contributed by atoms with Crippen LogP contribution < -0.4 is 10.1 Å². The van der Waals surface area contributed by atoms with E-state index in [0.29, 0.717) is 6.61 Å². The molecule has 164 valence electrons. The second kappa shape index (κ2) is 7.93. The second-order valence-corrected chi connectivity index (χ2v) is 8.85. The highest BCUT2D eigenvalue weighted by atomic mass is 16.5. The molecule has 5 heteroatoms. The molecule has 2 atom stereocenters. The first-order chi connectivity index (χ1) is 16.2. The molecule has 3 heterocycles. The Morgan fingerprint density at radius 1 is 0.879 bits per heavy atom. The average molecular weight is 437 g/mol. The van der Waals surface area contributed by atoms with Gasteiger partial charge in [0.25, 0.3) is 0 Å². The number of carbonyl (C=O) groups excluding carboxylic acids is 2. The maximum absolute atomic E-state index is 13.0. The van der Waals surface area contributed by atoms with Crippen LogP contribution in [-0.4, -0.2) is 16.4 Å². The van der Waals surface area contributed by atoms with Crippen molar-refractivity contribution in [3.8, 4) is 5.75 Å². The molecule has 2 aliphatic rings. The highest BCUT2D eigenvalue weighted by Crippen LogP contribution is 2.42. The number of nitrogens with one attached hydrogen (secondary N) is 1. The Labute approximate surface area is 192 Å². The third-order valence-corrected chi connectivity index (χ3v) is 6.83. The summed E-state index contributed by atoms with van der Waals surface area (Å²) >= 11 is 0. The van der Waals surface area contributed by atoms with Gasteiger partial charge in [-0.1, -0.05) is 60.7 Å². The van der Waals surface area contributed by atoms with E-state index in [1.807, 2.05) is 54.6 Å². The van der Waals surface area contributed by atoms with Crippen molar-refractivity contribution in [2.45, 2.75) is 37.8 Å². The zero-order valence-electron chi connectivity index (χ0n) is 18.2. The van der Waals surface area contributed by atoms with E-state index in [1.165, 1.54) is 11.1 Å². The van der Waals surface area contributed by atoms with E-state index in [9.17, 15) is 9.59 Å². The summed E-state index contributed by atoms with van der Waals surface area (Å²) in [6, 6.07) is 23.8. The van der Waals surface area contributed by atoms with E-state index >= 15 is 0 Å². The van der Waals surface area contributed by atoms with Gasteiger partial charge in [-0.15, -0.1) is 0 Å². The van der Waals surface area contributed by atoms with Crippen LogP contribution >= 0.6 is 0 Å². The monoisotopic (exact) mass is 436 g/mol. The Hall–Kier alpha value is -3.86. The van der Waals surface area contributed by atoms with Gasteiger partial charge >= 0.3 is 0 Å². The molecule has 6 rings (SSSR count). The van der Waals surface area contributed by atoms with E-state index < -0.39 is 11.8 Å². The third kappa shape index (κ3) is 3.41. The van der Waals surface area contributed by atoms with Crippen LogP contribution in [0.1, 0.15) is 40.5 Å². The van der Waals surface area contributed by atoms with Crippen LogP contribution in [0, 0.1) is 0 Å². The van der Waals surface area contributed by atoms with Gasteiger partial charge in [-0.05, 0) is 47.2 Å². The van der Waals surface area contributed by atoms with Gasteiger partial charge in [-0.2, -0.15) is 0 Å². The lowest BCUT2D eigenvalue weighted by Gasteiger charge is -2.16. The number of hydrogen-bond acceptors (Lipinski definition) is 3. The molecule has 3 aromatic carbocycles. The lowest BCUT2D eigenvalue weighted by Crippen LogP contribution is -2.21. The molecule has 0 radical (unpaired) electrons. The highest BCUT2D eigenvalue weighted by molar-refractivity contribution is 6.12. The van der Waals surface area contributed by atoms with Gasteiger partial charge in [-0.3, -0.25) is 14.9 Å². The molecule has 1 N–H and O–H groups in total. The smallest absolute Gasteiger partial charge is 0.235 e. The molecular weight excluding hydrogens is 412 g/mol. The van der Waals surface area contributed by atoms with Crippen molar-refractivity contribution in [1.82, 2.24) is 9.88 Å². The van der Waals surface area contributed by atoms with E-state index in [-0.39, 0.29) is 11.8 Å².